The van der Waals surface area contributed by atoms with Crippen LogP contribution < -0.4 is 5.32 Å². The standard InChI is InChI=1S/C14H21N5O2Si/c1-22(2,3)7-6-21-11-19-5-4-13(18-19)17-14-9-15-8-12(10-20)16-14/h4-5,8-10H,6-7,11H2,1-3H3,(H,16,17,18). The predicted molar refractivity (Wildman–Crippen MR) is 87.0 cm³/mol. The van der Waals surface area contributed by atoms with Crippen molar-refractivity contribution in [1.29, 1.82) is 0 Å². The molecular weight excluding hydrogens is 298 g/mol. The molecule has 0 saturated heterocycles. The van der Waals surface area contributed by atoms with Gasteiger partial charge in [-0.15, -0.1) is 0 Å². The Labute approximate surface area is 130 Å². The van der Waals surface area contributed by atoms with Crippen LogP contribution in [0.15, 0.2) is 24.7 Å². The maximum atomic E-state index is 10.7. The summed E-state index contributed by atoms with van der Waals surface area (Å²) in [6.45, 7) is 8.14. The Balaban J connectivity index is 1.84. The number of carbonyl (C=O) groups is 1. The highest BCUT2D eigenvalue weighted by molar-refractivity contribution is 6.76. The van der Waals surface area contributed by atoms with Crippen LogP contribution in [0.4, 0.5) is 11.6 Å². The van der Waals surface area contributed by atoms with Gasteiger partial charge in [0, 0.05) is 26.9 Å². The van der Waals surface area contributed by atoms with E-state index in [0.29, 0.717) is 24.7 Å². The topological polar surface area (TPSA) is 81.9 Å². The minimum atomic E-state index is -1.06. The summed E-state index contributed by atoms with van der Waals surface area (Å²) in [6, 6.07) is 2.95. The van der Waals surface area contributed by atoms with Gasteiger partial charge >= 0.3 is 0 Å². The first-order valence-corrected chi connectivity index (χ1v) is 10.8. The number of carbonyl (C=O) groups excluding carboxylic acids is 1. The monoisotopic (exact) mass is 319 g/mol. The van der Waals surface area contributed by atoms with E-state index in [9.17, 15) is 4.79 Å². The van der Waals surface area contributed by atoms with Gasteiger partial charge in [-0.2, -0.15) is 5.10 Å². The third-order valence-corrected chi connectivity index (χ3v) is 4.59. The Hall–Kier alpha value is -2.06. The molecule has 2 aromatic rings. The number of hydrogen-bond acceptors (Lipinski definition) is 6. The highest BCUT2D eigenvalue weighted by Crippen LogP contribution is 2.11. The zero-order valence-electron chi connectivity index (χ0n) is 13.1. The Bertz CT molecular complexity index is 624. The third-order valence-electron chi connectivity index (χ3n) is 2.89. The van der Waals surface area contributed by atoms with E-state index in [1.54, 1.807) is 4.68 Å². The third kappa shape index (κ3) is 5.38. The number of ether oxygens (including phenoxy) is 1. The van der Waals surface area contributed by atoms with Crippen molar-refractivity contribution in [2.75, 3.05) is 11.9 Å². The van der Waals surface area contributed by atoms with Gasteiger partial charge in [-0.05, 0) is 6.04 Å². The number of anilines is 2. The van der Waals surface area contributed by atoms with Crippen molar-refractivity contribution >= 4 is 26.0 Å². The molecule has 0 saturated carbocycles. The van der Waals surface area contributed by atoms with E-state index in [4.69, 9.17) is 4.74 Å². The lowest BCUT2D eigenvalue weighted by Crippen LogP contribution is -2.22. The molecule has 2 aromatic heterocycles. The lowest BCUT2D eigenvalue weighted by molar-refractivity contribution is 0.0788. The molecular formula is C14H21N5O2Si. The smallest absolute Gasteiger partial charge is 0.170 e. The van der Waals surface area contributed by atoms with Gasteiger partial charge in [0.15, 0.2) is 17.9 Å². The molecule has 2 heterocycles. The maximum absolute atomic E-state index is 10.7. The van der Waals surface area contributed by atoms with Crippen molar-refractivity contribution in [2.45, 2.75) is 32.4 Å². The van der Waals surface area contributed by atoms with Gasteiger partial charge in [-0.3, -0.25) is 9.78 Å². The molecule has 0 unspecified atom stereocenters. The molecule has 0 aliphatic carbocycles. The summed E-state index contributed by atoms with van der Waals surface area (Å²) in [5.74, 6) is 1.11. The van der Waals surface area contributed by atoms with Crippen LogP contribution in [0.5, 0.6) is 0 Å². The average Bonchev–Trinajstić information content (AvgIpc) is 2.90. The van der Waals surface area contributed by atoms with Gasteiger partial charge in [0.25, 0.3) is 0 Å². The van der Waals surface area contributed by atoms with Crippen LogP contribution in [0, 0.1) is 0 Å². The van der Waals surface area contributed by atoms with Crippen molar-refractivity contribution in [3.63, 3.8) is 0 Å². The molecule has 0 amide bonds. The van der Waals surface area contributed by atoms with Crippen LogP contribution in [0.3, 0.4) is 0 Å². The summed E-state index contributed by atoms with van der Waals surface area (Å²) < 4.78 is 7.34. The fraction of sp³-hybridized carbons (Fsp3) is 0.429. The molecule has 0 atom stereocenters. The molecule has 8 heteroatoms. The molecule has 0 spiro atoms. The number of nitrogens with one attached hydrogen (secondary N) is 1. The minimum absolute atomic E-state index is 0.277. The molecule has 0 aliphatic heterocycles. The molecule has 0 radical (unpaired) electrons. The second-order valence-corrected chi connectivity index (χ2v) is 11.8. The van der Waals surface area contributed by atoms with Crippen LogP contribution >= 0.6 is 0 Å². The number of hydrogen-bond donors (Lipinski definition) is 1. The van der Waals surface area contributed by atoms with E-state index in [0.717, 1.165) is 12.7 Å². The predicted octanol–water partition coefficient (Wildman–Crippen LogP) is 2.54. The molecule has 0 bridgehead atoms. The van der Waals surface area contributed by atoms with Crippen molar-refractivity contribution in [3.8, 4) is 0 Å². The summed E-state index contributed by atoms with van der Waals surface area (Å²) in [5.41, 5.74) is 0.277. The zero-order chi connectivity index (χ0) is 16.0. The normalized spacial score (nSPS) is 11.4. The molecule has 0 aromatic carbocycles. The fourth-order valence-electron chi connectivity index (χ4n) is 1.67. The van der Waals surface area contributed by atoms with Gasteiger partial charge < -0.3 is 10.1 Å². The van der Waals surface area contributed by atoms with Crippen molar-refractivity contribution < 1.29 is 9.53 Å². The number of nitrogens with zero attached hydrogens (tertiary/aromatic N) is 4. The molecule has 22 heavy (non-hydrogen) atoms. The molecule has 118 valence electrons. The van der Waals surface area contributed by atoms with Crippen LogP contribution in [0.1, 0.15) is 10.5 Å². The maximum Gasteiger partial charge on any atom is 0.170 e. The van der Waals surface area contributed by atoms with E-state index < -0.39 is 8.07 Å². The van der Waals surface area contributed by atoms with Crippen LogP contribution in [-0.4, -0.2) is 40.7 Å². The molecule has 0 fully saturated rings. The van der Waals surface area contributed by atoms with Gasteiger partial charge in [0.1, 0.15) is 12.4 Å². The van der Waals surface area contributed by atoms with Crippen molar-refractivity contribution in [2.24, 2.45) is 0 Å². The second kappa shape index (κ2) is 7.28. The first-order valence-electron chi connectivity index (χ1n) is 7.12. The van der Waals surface area contributed by atoms with Crippen LogP contribution in [0.25, 0.3) is 0 Å². The van der Waals surface area contributed by atoms with Crippen LogP contribution in [0.2, 0.25) is 25.7 Å². The second-order valence-electron chi connectivity index (χ2n) is 6.16. The van der Waals surface area contributed by atoms with E-state index in [1.165, 1.54) is 12.4 Å². The number of rotatable bonds is 8. The van der Waals surface area contributed by atoms with E-state index in [2.05, 4.69) is 40.0 Å². The van der Waals surface area contributed by atoms with Gasteiger partial charge in [-0.25, -0.2) is 9.67 Å². The lowest BCUT2D eigenvalue weighted by Gasteiger charge is -2.15. The van der Waals surface area contributed by atoms with Gasteiger partial charge in [-0.1, -0.05) is 19.6 Å². The minimum Gasteiger partial charge on any atom is -0.360 e. The summed E-state index contributed by atoms with van der Waals surface area (Å²) in [5, 5.41) is 7.33. The Morgan fingerprint density at radius 1 is 1.32 bits per heavy atom. The average molecular weight is 319 g/mol. The van der Waals surface area contributed by atoms with E-state index in [-0.39, 0.29) is 5.69 Å². The quantitative estimate of drug-likeness (QED) is 0.457. The Morgan fingerprint density at radius 3 is 2.86 bits per heavy atom. The first-order chi connectivity index (χ1) is 10.5. The van der Waals surface area contributed by atoms with Gasteiger partial charge in [0.05, 0.1) is 12.4 Å². The highest BCUT2D eigenvalue weighted by atomic mass is 28.3. The zero-order valence-corrected chi connectivity index (χ0v) is 14.1. The van der Waals surface area contributed by atoms with Crippen molar-refractivity contribution in [3.05, 3.63) is 30.4 Å². The molecule has 1 N–H and O–H groups in total. The van der Waals surface area contributed by atoms with Gasteiger partial charge in [0.2, 0.25) is 0 Å². The fourth-order valence-corrected chi connectivity index (χ4v) is 2.42. The summed E-state index contributed by atoms with van der Waals surface area (Å²) in [6.07, 6.45) is 5.43. The number of aromatic nitrogens is 4. The summed E-state index contributed by atoms with van der Waals surface area (Å²) in [7, 11) is -1.06. The number of aldehydes is 1. The molecule has 2 rings (SSSR count). The molecule has 7 nitrogen and oxygen atoms in total. The lowest BCUT2D eigenvalue weighted by atomic mass is 10.5. The highest BCUT2D eigenvalue weighted by Gasteiger charge is 2.12. The van der Waals surface area contributed by atoms with E-state index in [1.807, 2.05) is 12.3 Å². The Morgan fingerprint density at radius 2 is 2.14 bits per heavy atom. The van der Waals surface area contributed by atoms with E-state index >= 15 is 0 Å². The summed E-state index contributed by atoms with van der Waals surface area (Å²) in [4.78, 5) is 18.7. The first kappa shape index (κ1) is 16.3. The Kier molecular flexibility index (Phi) is 5.39. The SMILES string of the molecule is C[Si](C)(C)CCOCn1ccc(Nc2cncc(C=O)n2)n1. The molecule has 0 aliphatic rings. The van der Waals surface area contributed by atoms with Crippen molar-refractivity contribution in [1.82, 2.24) is 19.7 Å². The largest absolute Gasteiger partial charge is 0.360 e. The van der Waals surface area contributed by atoms with Crippen LogP contribution in [-0.2, 0) is 11.5 Å². The summed E-state index contributed by atoms with van der Waals surface area (Å²) >= 11 is 0.